The second-order valence-corrected chi connectivity index (χ2v) is 2.82. The zero-order valence-corrected chi connectivity index (χ0v) is 6.77. The van der Waals surface area contributed by atoms with E-state index in [9.17, 15) is 4.39 Å². The maximum atomic E-state index is 12.6. The van der Waals surface area contributed by atoms with Crippen LogP contribution < -0.4 is 0 Å². The van der Waals surface area contributed by atoms with Gasteiger partial charge in [0, 0.05) is 5.02 Å². The molecule has 0 aromatic heterocycles. The summed E-state index contributed by atoms with van der Waals surface area (Å²) < 4.78 is 12.6. The highest BCUT2D eigenvalue weighted by molar-refractivity contribution is 6.30. The van der Waals surface area contributed by atoms with Crippen LogP contribution in [0.5, 0.6) is 0 Å². The van der Waals surface area contributed by atoms with Crippen molar-refractivity contribution in [3.63, 3.8) is 0 Å². The van der Waals surface area contributed by atoms with E-state index in [1.807, 2.05) is 0 Å². The van der Waals surface area contributed by atoms with Crippen molar-refractivity contribution in [2.75, 3.05) is 0 Å². The van der Waals surface area contributed by atoms with Crippen LogP contribution in [0.15, 0.2) is 18.2 Å². The van der Waals surface area contributed by atoms with E-state index in [0.29, 0.717) is 10.6 Å². The lowest BCUT2D eigenvalue weighted by molar-refractivity contribution is 0.199. The Morgan fingerprint density at radius 2 is 2.09 bits per heavy atom. The minimum Gasteiger partial charge on any atom is -0.389 e. The molecule has 0 saturated carbocycles. The van der Waals surface area contributed by atoms with Crippen LogP contribution in [0.1, 0.15) is 18.6 Å². The van der Waals surface area contributed by atoms with E-state index in [2.05, 4.69) is 0 Å². The molecule has 1 atom stereocenters. The van der Waals surface area contributed by atoms with Crippen LogP contribution in [0.4, 0.5) is 4.39 Å². The van der Waals surface area contributed by atoms with E-state index in [-0.39, 0.29) is 0 Å². The van der Waals surface area contributed by atoms with Crippen LogP contribution in [0.3, 0.4) is 0 Å². The molecule has 1 aromatic carbocycles. The summed E-state index contributed by atoms with van der Waals surface area (Å²) >= 11 is 5.54. The predicted molar refractivity (Wildman–Crippen MR) is 42.0 cm³/mol. The van der Waals surface area contributed by atoms with Crippen LogP contribution in [0.2, 0.25) is 5.02 Å². The van der Waals surface area contributed by atoms with Crippen molar-refractivity contribution in [2.24, 2.45) is 0 Å². The van der Waals surface area contributed by atoms with Crippen LogP contribution in [-0.4, -0.2) is 5.11 Å². The second-order valence-electron chi connectivity index (χ2n) is 2.38. The van der Waals surface area contributed by atoms with Gasteiger partial charge in [-0.15, -0.1) is 0 Å². The summed E-state index contributed by atoms with van der Waals surface area (Å²) in [4.78, 5) is 0. The largest absolute Gasteiger partial charge is 0.389 e. The summed E-state index contributed by atoms with van der Waals surface area (Å²) in [6.45, 7) is 1.56. The quantitative estimate of drug-likeness (QED) is 0.694. The highest BCUT2D eigenvalue weighted by Gasteiger charge is 2.03. The van der Waals surface area contributed by atoms with Crippen LogP contribution in [-0.2, 0) is 0 Å². The monoisotopic (exact) mass is 174 g/mol. The van der Waals surface area contributed by atoms with E-state index < -0.39 is 11.9 Å². The first-order valence-corrected chi connectivity index (χ1v) is 3.61. The standard InChI is InChI=1S/C8H8ClFO/c1-5(11)6-2-7(9)4-8(10)3-6/h2-5,11H,1H3/t5-/m1/s1. The fraction of sp³-hybridized carbons (Fsp3) is 0.250. The fourth-order valence-electron chi connectivity index (χ4n) is 0.816. The summed E-state index contributed by atoms with van der Waals surface area (Å²) in [5.41, 5.74) is 0.495. The first kappa shape index (κ1) is 8.50. The SMILES string of the molecule is C[C@@H](O)c1cc(F)cc(Cl)c1. The number of aliphatic hydroxyl groups excluding tert-OH is 1. The van der Waals surface area contributed by atoms with Crippen LogP contribution in [0, 0.1) is 5.82 Å². The van der Waals surface area contributed by atoms with Crippen molar-refractivity contribution >= 4 is 11.6 Å². The van der Waals surface area contributed by atoms with E-state index in [0.717, 1.165) is 0 Å². The van der Waals surface area contributed by atoms with Gasteiger partial charge in [0.25, 0.3) is 0 Å². The average Bonchev–Trinajstić information content (AvgIpc) is 1.85. The van der Waals surface area contributed by atoms with E-state index in [1.165, 1.54) is 18.2 Å². The molecule has 0 saturated heterocycles. The molecule has 11 heavy (non-hydrogen) atoms. The lowest BCUT2D eigenvalue weighted by atomic mass is 10.1. The Morgan fingerprint density at radius 1 is 1.45 bits per heavy atom. The van der Waals surface area contributed by atoms with Crippen molar-refractivity contribution in [1.82, 2.24) is 0 Å². The molecule has 1 nitrogen and oxygen atoms in total. The minimum atomic E-state index is -0.678. The Labute approximate surface area is 69.4 Å². The first-order chi connectivity index (χ1) is 5.09. The fourth-order valence-corrected chi connectivity index (χ4v) is 1.05. The van der Waals surface area contributed by atoms with Gasteiger partial charge < -0.3 is 5.11 Å². The molecule has 1 rings (SSSR count). The van der Waals surface area contributed by atoms with Crippen LogP contribution in [0.25, 0.3) is 0 Å². The molecule has 0 aliphatic rings. The Hall–Kier alpha value is -0.600. The molecule has 0 spiro atoms. The number of benzene rings is 1. The summed E-state index contributed by atoms with van der Waals surface area (Å²) in [5.74, 6) is -0.423. The minimum absolute atomic E-state index is 0.306. The molecule has 0 heterocycles. The summed E-state index contributed by atoms with van der Waals surface area (Å²) in [7, 11) is 0. The van der Waals surface area contributed by atoms with Gasteiger partial charge in [0.2, 0.25) is 0 Å². The average molecular weight is 175 g/mol. The van der Waals surface area contributed by atoms with Crippen molar-refractivity contribution in [2.45, 2.75) is 13.0 Å². The molecule has 0 radical (unpaired) electrons. The molecule has 1 N–H and O–H groups in total. The molecule has 0 fully saturated rings. The number of hydrogen-bond acceptors (Lipinski definition) is 1. The summed E-state index contributed by atoms with van der Waals surface area (Å²) in [6, 6.07) is 4.00. The molecule has 0 amide bonds. The molecule has 60 valence electrons. The number of aliphatic hydroxyl groups is 1. The third-order valence-electron chi connectivity index (χ3n) is 1.37. The van der Waals surface area contributed by atoms with Gasteiger partial charge in [-0.3, -0.25) is 0 Å². The maximum absolute atomic E-state index is 12.6. The van der Waals surface area contributed by atoms with E-state index >= 15 is 0 Å². The molecular formula is C8H8ClFO. The van der Waals surface area contributed by atoms with Crippen molar-refractivity contribution in [1.29, 1.82) is 0 Å². The molecular weight excluding hydrogens is 167 g/mol. The number of halogens is 2. The lowest BCUT2D eigenvalue weighted by Gasteiger charge is -2.04. The Morgan fingerprint density at radius 3 is 2.55 bits per heavy atom. The Balaban J connectivity index is 3.08. The maximum Gasteiger partial charge on any atom is 0.125 e. The Bertz CT molecular complexity index is 240. The smallest absolute Gasteiger partial charge is 0.125 e. The van der Waals surface area contributed by atoms with Crippen molar-refractivity contribution in [3.8, 4) is 0 Å². The van der Waals surface area contributed by atoms with Gasteiger partial charge in [-0.25, -0.2) is 4.39 Å². The topological polar surface area (TPSA) is 20.2 Å². The summed E-state index contributed by atoms with van der Waals surface area (Å²) in [6.07, 6.45) is -0.678. The zero-order chi connectivity index (χ0) is 8.43. The third-order valence-corrected chi connectivity index (χ3v) is 1.59. The number of rotatable bonds is 1. The normalized spacial score (nSPS) is 13.1. The van der Waals surface area contributed by atoms with Gasteiger partial charge in [-0.1, -0.05) is 11.6 Å². The second kappa shape index (κ2) is 3.20. The van der Waals surface area contributed by atoms with Gasteiger partial charge in [-0.2, -0.15) is 0 Å². The first-order valence-electron chi connectivity index (χ1n) is 3.23. The van der Waals surface area contributed by atoms with Crippen molar-refractivity contribution in [3.05, 3.63) is 34.6 Å². The molecule has 0 aliphatic heterocycles. The molecule has 3 heteroatoms. The summed E-state index contributed by atoms with van der Waals surface area (Å²) in [5, 5.41) is 9.35. The molecule has 0 bridgehead atoms. The lowest BCUT2D eigenvalue weighted by Crippen LogP contribution is -1.91. The van der Waals surface area contributed by atoms with Crippen LogP contribution >= 0.6 is 11.6 Å². The van der Waals surface area contributed by atoms with Gasteiger partial charge in [0.05, 0.1) is 6.10 Å². The van der Waals surface area contributed by atoms with Gasteiger partial charge in [-0.05, 0) is 30.7 Å². The molecule has 0 aliphatic carbocycles. The number of hydrogen-bond donors (Lipinski definition) is 1. The Kier molecular flexibility index (Phi) is 2.47. The van der Waals surface area contributed by atoms with Gasteiger partial charge >= 0.3 is 0 Å². The van der Waals surface area contributed by atoms with Gasteiger partial charge in [0.1, 0.15) is 5.82 Å². The van der Waals surface area contributed by atoms with E-state index in [1.54, 1.807) is 6.92 Å². The molecule has 1 aromatic rings. The zero-order valence-electron chi connectivity index (χ0n) is 6.01. The third kappa shape index (κ3) is 2.17. The molecule has 0 unspecified atom stereocenters. The predicted octanol–water partition coefficient (Wildman–Crippen LogP) is 2.53. The highest BCUT2D eigenvalue weighted by Crippen LogP contribution is 2.18. The highest BCUT2D eigenvalue weighted by atomic mass is 35.5. The van der Waals surface area contributed by atoms with E-state index in [4.69, 9.17) is 16.7 Å². The van der Waals surface area contributed by atoms with Crippen molar-refractivity contribution < 1.29 is 9.50 Å². The van der Waals surface area contributed by atoms with Gasteiger partial charge in [0.15, 0.2) is 0 Å².